The number of hydrogen-bond donors (Lipinski definition) is 1. The molecule has 0 atom stereocenters. The number of hydrogen-bond acceptors (Lipinski definition) is 5. The summed E-state index contributed by atoms with van der Waals surface area (Å²) in [6.07, 6.45) is 0. The van der Waals surface area contributed by atoms with Crippen LogP contribution in [0.1, 0.15) is 30.5 Å². The van der Waals surface area contributed by atoms with Gasteiger partial charge in [-0.05, 0) is 25.1 Å². The summed E-state index contributed by atoms with van der Waals surface area (Å²) >= 11 is 7.29. The lowest BCUT2D eigenvalue weighted by molar-refractivity contribution is 0.592. The minimum absolute atomic E-state index is 0.0515. The van der Waals surface area contributed by atoms with Gasteiger partial charge in [-0.2, -0.15) is 18.0 Å². The monoisotopic (exact) mass is 370 g/mol. The van der Waals surface area contributed by atoms with Crippen LogP contribution in [-0.2, 0) is 10.0 Å². The van der Waals surface area contributed by atoms with Crippen LogP contribution < -0.4 is 4.72 Å². The van der Waals surface area contributed by atoms with Crippen LogP contribution in [0.5, 0.6) is 0 Å². The van der Waals surface area contributed by atoms with Crippen LogP contribution >= 0.6 is 22.9 Å². The van der Waals surface area contributed by atoms with Crippen molar-refractivity contribution in [3.63, 3.8) is 0 Å². The van der Waals surface area contributed by atoms with Gasteiger partial charge in [0.15, 0.2) is 0 Å². The predicted molar refractivity (Wildman–Crippen MR) is 92.0 cm³/mol. The van der Waals surface area contributed by atoms with Gasteiger partial charge in [-0.25, -0.2) is 4.98 Å². The first-order valence-corrected chi connectivity index (χ1v) is 9.60. The van der Waals surface area contributed by atoms with Crippen molar-refractivity contribution in [2.45, 2.75) is 31.7 Å². The molecule has 6 nitrogen and oxygen atoms in total. The summed E-state index contributed by atoms with van der Waals surface area (Å²) in [7, 11) is -3.82. The summed E-state index contributed by atoms with van der Waals surface area (Å²) in [6, 6.07) is 6.54. The molecule has 3 aromatic rings. The molecule has 0 aliphatic heterocycles. The molecule has 2 aromatic heterocycles. The number of fused-ring (bicyclic) bond motifs is 1. The first kappa shape index (κ1) is 16.2. The lowest BCUT2D eigenvalue weighted by Crippen LogP contribution is -2.16. The highest BCUT2D eigenvalue weighted by atomic mass is 35.5. The number of anilines is 1. The molecule has 0 aliphatic carbocycles. The molecule has 9 heteroatoms. The first-order chi connectivity index (χ1) is 10.8. The Kier molecular flexibility index (Phi) is 4.07. The van der Waals surface area contributed by atoms with Gasteiger partial charge in [0.2, 0.25) is 9.99 Å². The van der Waals surface area contributed by atoms with Crippen LogP contribution in [0.2, 0.25) is 5.02 Å². The number of aryl methyl sites for hydroxylation is 1. The molecule has 3 rings (SSSR count). The summed E-state index contributed by atoms with van der Waals surface area (Å²) in [5.74, 6) is 0.207. The molecule has 0 amide bonds. The summed E-state index contributed by atoms with van der Waals surface area (Å²) in [4.78, 5) is 4.88. The molecule has 0 saturated carbocycles. The Balaban J connectivity index is 2.08. The molecular weight excluding hydrogens is 356 g/mol. The van der Waals surface area contributed by atoms with Gasteiger partial charge in [-0.1, -0.05) is 42.9 Å². The van der Waals surface area contributed by atoms with Gasteiger partial charge >= 0.3 is 0 Å². The maximum Gasteiger partial charge on any atom is 0.281 e. The molecule has 0 bridgehead atoms. The zero-order valence-corrected chi connectivity index (χ0v) is 15.1. The van der Waals surface area contributed by atoms with Crippen LogP contribution in [0.25, 0.3) is 4.96 Å². The minimum atomic E-state index is -3.82. The van der Waals surface area contributed by atoms with E-state index in [2.05, 4.69) is 14.8 Å². The second kappa shape index (κ2) is 5.77. The molecule has 0 aliphatic rings. The smallest absolute Gasteiger partial charge is 0.278 e. The highest BCUT2D eigenvalue weighted by molar-refractivity contribution is 7.92. The second-order valence-corrected chi connectivity index (χ2v) is 8.43. The minimum Gasteiger partial charge on any atom is -0.278 e. The molecule has 0 unspecified atom stereocenters. The summed E-state index contributed by atoms with van der Waals surface area (Å²) in [6.45, 7) is 5.66. The molecule has 23 heavy (non-hydrogen) atoms. The Morgan fingerprint density at radius 3 is 2.74 bits per heavy atom. The zero-order chi connectivity index (χ0) is 16.8. The highest BCUT2D eigenvalue weighted by Gasteiger charge is 2.26. The van der Waals surface area contributed by atoms with Crippen LogP contribution in [-0.4, -0.2) is 23.0 Å². The molecule has 0 radical (unpaired) electrons. The fourth-order valence-corrected chi connectivity index (χ4v) is 4.66. The van der Waals surface area contributed by atoms with Crippen LogP contribution in [0, 0.1) is 6.92 Å². The molecule has 2 heterocycles. The third-order valence-electron chi connectivity index (χ3n) is 3.17. The van der Waals surface area contributed by atoms with Crippen LogP contribution in [0.15, 0.2) is 29.3 Å². The van der Waals surface area contributed by atoms with Gasteiger partial charge in [0.1, 0.15) is 5.01 Å². The molecule has 1 N–H and O–H groups in total. The van der Waals surface area contributed by atoms with E-state index in [9.17, 15) is 8.42 Å². The van der Waals surface area contributed by atoms with E-state index in [-0.39, 0.29) is 10.9 Å². The van der Waals surface area contributed by atoms with Crippen LogP contribution in [0.3, 0.4) is 0 Å². The average molecular weight is 371 g/mol. The number of aromatic nitrogens is 3. The van der Waals surface area contributed by atoms with Crippen LogP contribution in [0.4, 0.5) is 5.69 Å². The maximum atomic E-state index is 12.7. The van der Waals surface area contributed by atoms with E-state index in [0.29, 0.717) is 21.4 Å². The Morgan fingerprint density at radius 2 is 2.09 bits per heavy atom. The third-order valence-corrected chi connectivity index (χ3v) is 6.09. The Labute approximate surface area is 143 Å². The lowest BCUT2D eigenvalue weighted by atomic mass is 10.2. The van der Waals surface area contributed by atoms with Gasteiger partial charge in [0.05, 0.1) is 11.4 Å². The van der Waals surface area contributed by atoms with E-state index in [4.69, 9.17) is 11.6 Å². The summed E-state index contributed by atoms with van der Waals surface area (Å²) in [5, 5.41) is 5.73. The van der Waals surface area contributed by atoms with Crippen molar-refractivity contribution in [3.05, 3.63) is 40.0 Å². The Bertz CT molecular complexity index is 976. The largest absolute Gasteiger partial charge is 0.281 e. The van der Waals surface area contributed by atoms with Gasteiger partial charge in [0.25, 0.3) is 10.0 Å². The van der Waals surface area contributed by atoms with Crippen molar-refractivity contribution < 1.29 is 8.42 Å². The van der Waals surface area contributed by atoms with Crippen molar-refractivity contribution in [1.82, 2.24) is 14.6 Å². The van der Waals surface area contributed by atoms with Crippen molar-refractivity contribution in [2.24, 2.45) is 0 Å². The molecule has 122 valence electrons. The standard InChI is InChI=1S/C14H15ClN4O2S2/c1-8(2)12-17-19-13(9(3)16-14(19)22-12)23(20,21)18-11-6-4-5-10(15)7-11/h4-8,18H,1-3H3. The number of benzene rings is 1. The Hall–Kier alpha value is -1.64. The molecule has 0 saturated heterocycles. The fraction of sp³-hybridized carbons (Fsp3) is 0.286. The molecule has 0 fully saturated rings. The predicted octanol–water partition coefficient (Wildman–Crippen LogP) is 3.68. The number of nitrogens with zero attached hydrogens (tertiary/aromatic N) is 3. The average Bonchev–Trinajstić information content (AvgIpc) is 2.94. The summed E-state index contributed by atoms with van der Waals surface area (Å²) < 4.78 is 29.4. The zero-order valence-electron chi connectivity index (χ0n) is 12.7. The molecular formula is C14H15ClN4O2S2. The van der Waals surface area contributed by atoms with Crippen molar-refractivity contribution >= 4 is 43.6 Å². The van der Waals surface area contributed by atoms with E-state index in [1.54, 1.807) is 31.2 Å². The van der Waals surface area contributed by atoms with Crippen molar-refractivity contribution in [2.75, 3.05) is 4.72 Å². The van der Waals surface area contributed by atoms with Crippen molar-refractivity contribution in [1.29, 1.82) is 0 Å². The van der Waals surface area contributed by atoms with Crippen molar-refractivity contribution in [3.8, 4) is 0 Å². The lowest BCUT2D eigenvalue weighted by Gasteiger charge is -2.08. The van der Waals surface area contributed by atoms with E-state index in [1.165, 1.54) is 15.9 Å². The summed E-state index contributed by atoms with van der Waals surface area (Å²) in [5.41, 5.74) is 0.805. The maximum absolute atomic E-state index is 12.7. The van der Waals surface area contributed by atoms with Gasteiger partial charge < -0.3 is 0 Å². The fourth-order valence-electron chi connectivity index (χ4n) is 2.14. The number of nitrogens with one attached hydrogen (secondary N) is 1. The molecule has 1 aromatic carbocycles. The van der Waals surface area contributed by atoms with E-state index in [0.717, 1.165) is 5.01 Å². The van der Waals surface area contributed by atoms with Gasteiger partial charge in [-0.15, -0.1) is 0 Å². The number of sulfonamides is 1. The second-order valence-electron chi connectivity index (χ2n) is 5.41. The van der Waals surface area contributed by atoms with E-state index < -0.39 is 10.0 Å². The highest BCUT2D eigenvalue weighted by Crippen LogP contribution is 2.27. The van der Waals surface area contributed by atoms with E-state index >= 15 is 0 Å². The van der Waals surface area contributed by atoms with Gasteiger partial charge in [0, 0.05) is 10.9 Å². The number of rotatable bonds is 4. The SMILES string of the molecule is Cc1nc2sc(C(C)C)nn2c1S(=O)(=O)Nc1cccc(Cl)c1. The van der Waals surface area contributed by atoms with E-state index in [1.807, 2.05) is 13.8 Å². The Morgan fingerprint density at radius 1 is 1.35 bits per heavy atom. The van der Waals surface area contributed by atoms with Gasteiger partial charge in [-0.3, -0.25) is 4.72 Å². The first-order valence-electron chi connectivity index (χ1n) is 6.92. The topological polar surface area (TPSA) is 76.4 Å². The third kappa shape index (κ3) is 3.06. The normalized spacial score (nSPS) is 12.2. The number of halogens is 1. The number of imidazole rings is 1. The quantitative estimate of drug-likeness (QED) is 0.760. The molecule has 0 spiro atoms.